The van der Waals surface area contributed by atoms with E-state index in [2.05, 4.69) is 15.4 Å². The van der Waals surface area contributed by atoms with Gasteiger partial charge in [-0.1, -0.05) is 12.1 Å². The average Bonchev–Trinajstić information content (AvgIpc) is 3.26. The van der Waals surface area contributed by atoms with Crippen LogP contribution in [0.5, 0.6) is 11.5 Å². The summed E-state index contributed by atoms with van der Waals surface area (Å²) in [5.74, 6) is 0.636. The lowest BCUT2D eigenvalue weighted by molar-refractivity contribution is -0.274. The monoisotopic (exact) mass is 350 g/mol. The minimum atomic E-state index is -4.76. The van der Waals surface area contributed by atoms with Crippen molar-refractivity contribution in [2.45, 2.75) is 19.2 Å². The number of halogens is 3. The zero-order valence-corrected chi connectivity index (χ0v) is 13.3. The smallest absolute Gasteiger partial charge is 0.493 e. The molecule has 4 nitrogen and oxygen atoms in total. The molecular weight excluding hydrogens is 333 g/mol. The van der Waals surface area contributed by atoms with Crippen LogP contribution >= 0.6 is 0 Å². The zero-order valence-electron chi connectivity index (χ0n) is 13.3. The molecule has 1 aliphatic carbocycles. The Balaban J connectivity index is 1.75. The highest BCUT2D eigenvalue weighted by Crippen LogP contribution is 2.43. The van der Waals surface area contributed by atoms with Crippen molar-refractivity contribution in [3.05, 3.63) is 36.4 Å². The maximum absolute atomic E-state index is 12.8. The van der Waals surface area contributed by atoms with Crippen molar-refractivity contribution in [3.63, 3.8) is 0 Å². The van der Waals surface area contributed by atoms with E-state index in [0.717, 1.165) is 24.2 Å². The van der Waals surface area contributed by atoms with Gasteiger partial charge in [-0.2, -0.15) is 0 Å². The van der Waals surface area contributed by atoms with Gasteiger partial charge in [0.25, 0.3) is 0 Å². The molecule has 1 fully saturated rings. The van der Waals surface area contributed by atoms with Crippen molar-refractivity contribution in [2.24, 2.45) is 5.92 Å². The molecule has 2 aromatic carbocycles. The number of hydrogen-bond acceptors (Lipinski definition) is 4. The second kappa shape index (κ2) is 6.06. The first-order valence-electron chi connectivity index (χ1n) is 8.13. The van der Waals surface area contributed by atoms with Gasteiger partial charge in [-0.3, -0.25) is 0 Å². The third kappa shape index (κ3) is 3.60. The molecule has 2 N–H and O–H groups in total. The summed E-state index contributed by atoms with van der Waals surface area (Å²) in [5.41, 5.74) is 2.68. The molecule has 4 rings (SSSR count). The molecule has 0 radical (unpaired) electrons. The molecule has 25 heavy (non-hydrogen) atoms. The summed E-state index contributed by atoms with van der Waals surface area (Å²) in [6.45, 7) is 1.09. The van der Waals surface area contributed by atoms with Crippen LogP contribution in [0.15, 0.2) is 36.4 Å². The molecular formula is C18H17F3N2O2. The quantitative estimate of drug-likeness (QED) is 0.810. The molecule has 0 aromatic heterocycles. The molecule has 7 heteroatoms. The molecule has 132 valence electrons. The number of ether oxygens (including phenoxy) is 2. The number of anilines is 2. The minimum absolute atomic E-state index is 0.258. The Hall–Kier alpha value is -2.57. The van der Waals surface area contributed by atoms with Crippen LogP contribution in [-0.2, 0) is 0 Å². The van der Waals surface area contributed by atoms with Crippen molar-refractivity contribution in [2.75, 3.05) is 23.9 Å². The van der Waals surface area contributed by atoms with Crippen LogP contribution < -0.4 is 20.1 Å². The van der Waals surface area contributed by atoms with Crippen molar-refractivity contribution < 1.29 is 22.6 Å². The summed E-state index contributed by atoms with van der Waals surface area (Å²) >= 11 is 0. The fourth-order valence-electron chi connectivity index (χ4n) is 2.85. The molecule has 0 atom stereocenters. The maximum Gasteiger partial charge on any atom is 0.573 e. The van der Waals surface area contributed by atoms with Crippen LogP contribution in [0.25, 0.3) is 11.1 Å². The molecule has 2 aromatic rings. The summed E-state index contributed by atoms with van der Waals surface area (Å²) in [5, 5.41) is 6.28. The second-order valence-electron chi connectivity index (χ2n) is 6.22. The molecule has 2 aliphatic rings. The van der Waals surface area contributed by atoms with Crippen LogP contribution in [-0.4, -0.2) is 19.6 Å². The van der Waals surface area contributed by atoms with Gasteiger partial charge < -0.3 is 20.1 Å². The van der Waals surface area contributed by atoms with Crippen molar-refractivity contribution in [1.29, 1.82) is 0 Å². The van der Waals surface area contributed by atoms with Crippen LogP contribution in [0.3, 0.4) is 0 Å². The number of alkyl halides is 3. The van der Waals surface area contributed by atoms with E-state index in [9.17, 15) is 13.2 Å². The van der Waals surface area contributed by atoms with E-state index in [-0.39, 0.29) is 5.75 Å². The average molecular weight is 350 g/mol. The van der Waals surface area contributed by atoms with Gasteiger partial charge in [0.2, 0.25) is 0 Å². The van der Waals surface area contributed by atoms with Crippen molar-refractivity contribution in [3.8, 4) is 22.6 Å². The Morgan fingerprint density at radius 1 is 1.00 bits per heavy atom. The van der Waals surface area contributed by atoms with E-state index in [1.54, 1.807) is 18.2 Å². The molecule has 0 amide bonds. The summed E-state index contributed by atoms with van der Waals surface area (Å²) in [7, 11) is 0. The topological polar surface area (TPSA) is 42.5 Å². The normalized spacial score (nSPS) is 16.0. The first kappa shape index (κ1) is 15.9. The summed E-state index contributed by atoms with van der Waals surface area (Å²) in [6.07, 6.45) is -2.56. The largest absolute Gasteiger partial charge is 0.573 e. The van der Waals surface area contributed by atoms with Crippen LogP contribution in [0.1, 0.15) is 12.8 Å². The van der Waals surface area contributed by atoms with Gasteiger partial charge in [0.1, 0.15) is 11.5 Å². The predicted octanol–water partition coefficient (Wildman–Crippen LogP) is 4.84. The first-order valence-corrected chi connectivity index (χ1v) is 8.13. The summed E-state index contributed by atoms with van der Waals surface area (Å²) in [6, 6.07) is 9.91. The molecule has 1 aliphatic heterocycles. The van der Waals surface area contributed by atoms with Gasteiger partial charge >= 0.3 is 6.36 Å². The van der Waals surface area contributed by atoms with Crippen molar-refractivity contribution in [1.82, 2.24) is 0 Å². The SMILES string of the molecule is FC(F)(F)Oc1cccc(OCC2CC2)c1-c1ccc2c(c1)NCN2. The number of rotatable bonds is 5. The number of hydrogen-bond donors (Lipinski definition) is 2. The van der Waals surface area contributed by atoms with E-state index in [1.165, 1.54) is 12.1 Å². The molecule has 0 bridgehead atoms. The van der Waals surface area contributed by atoms with Gasteiger partial charge in [0.15, 0.2) is 0 Å². The zero-order chi connectivity index (χ0) is 17.4. The highest BCUT2D eigenvalue weighted by atomic mass is 19.4. The van der Waals surface area contributed by atoms with E-state index >= 15 is 0 Å². The van der Waals surface area contributed by atoms with Gasteiger partial charge in [-0.05, 0) is 48.6 Å². The lowest BCUT2D eigenvalue weighted by atomic mass is 10.0. The van der Waals surface area contributed by atoms with E-state index in [1.807, 2.05) is 6.07 Å². The third-order valence-corrected chi connectivity index (χ3v) is 4.25. The fraction of sp³-hybridized carbons (Fsp3) is 0.333. The Morgan fingerprint density at radius 3 is 2.52 bits per heavy atom. The van der Waals surface area contributed by atoms with Crippen LogP contribution in [0, 0.1) is 5.92 Å². The van der Waals surface area contributed by atoms with Gasteiger partial charge in [-0.25, -0.2) is 0 Å². The van der Waals surface area contributed by atoms with Crippen molar-refractivity contribution >= 4 is 11.4 Å². The Morgan fingerprint density at radius 2 is 1.76 bits per heavy atom. The predicted molar refractivity (Wildman–Crippen MR) is 88.9 cm³/mol. The highest BCUT2D eigenvalue weighted by Gasteiger charge is 2.33. The minimum Gasteiger partial charge on any atom is -0.493 e. The van der Waals surface area contributed by atoms with Crippen LogP contribution in [0.4, 0.5) is 24.5 Å². The lowest BCUT2D eigenvalue weighted by Crippen LogP contribution is -2.18. The van der Waals surface area contributed by atoms with Gasteiger partial charge in [0.05, 0.1) is 30.2 Å². The number of benzene rings is 2. The molecule has 1 saturated carbocycles. The van der Waals surface area contributed by atoms with E-state index in [0.29, 0.717) is 36.1 Å². The highest BCUT2D eigenvalue weighted by molar-refractivity contribution is 5.84. The van der Waals surface area contributed by atoms with Gasteiger partial charge in [0, 0.05) is 0 Å². The second-order valence-corrected chi connectivity index (χ2v) is 6.22. The molecule has 0 spiro atoms. The third-order valence-electron chi connectivity index (χ3n) is 4.25. The van der Waals surface area contributed by atoms with E-state index in [4.69, 9.17) is 4.74 Å². The maximum atomic E-state index is 12.8. The standard InChI is InChI=1S/C18H17F3N2O2/c19-18(20,21)25-16-3-1-2-15(24-9-11-4-5-11)17(16)12-6-7-13-14(8-12)23-10-22-13/h1-3,6-8,11,22-23H,4-5,9-10H2. The Bertz CT molecular complexity index is 788. The number of nitrogens with one attached hydrogen (secondary N) is 2. The molecule has 0 unspecified atom stereocenters. The summed E-state index contributed by atoms with van der Waals surface area (Å²) < 4.78 is 48.5. The molecule has 1 heterocycles. The van der Waals surface area contributed by atoms with E-state index < -0.39 is 6.36 Å². The fourth-order valence-corrected chi connectivity index (χ4v) is 2.85. The van der Waals surface area contributed by atoms with Crippen LogP contribution in [0.2, 0.25) is 0 Å². The lowest BCUT2D eigenvalue weighted by Gasteiger charge is -2.18. The number of fused-ring (bicyclic) bond motifs is 1. The van der Waals surface area contributed by atoms with Gasteiger partial charge in [-0.15, -0.1) is 13.2 Å². The molecule has 0 saturated heterocycles. The Kier molecular flexibility index (Phi) is 3.86. The first-order chi connectivity index (χ1) is 12.0. The summed E-state index contributed by atoms with van der Waals surface area (Å²) in [4.78, 5) is 0. The Labute approximate surface area is 142 Å².